The van der Waals surface area contributed by atoms with E-state index in [1.807, 2.05) is 65.2 Å². The summed E-state index contributed by atoms with van der Waals surface area (Å²) in [5, 5.41) is 10.4. The fourth-order valence-electron chi connectivity index (χ4n) is 7.24. The number of piperazine rings is 1. The Bertz CT molecular complexity index is 2040. The van der Waals surface area contributed by atoms with Gasteiger partial charge in [0.2, 0.25) is 5.95 Å². The van der Waals surface area contributed by atoms with E-state index >= 15 is 0 Å². The number of carbonyl (C=O) groups is 2. The van der Waals surface area contributed by atoms with E-state index in [2.05, 4.69) is 90.1 Å². The van der Waals surface area contributed by atoms with Crippen molar-refractivity contribution in [3.8, 4) is 17.0 Å². The summed E-state index contributed by atoms with van der Waals surface area (Å²) in [6.45, 7) is 22.1. The minimum absolute atomic E-state index is 0.352. The standard InChI is InChI=1S/C45H70N10O5Si/c1-45(2,3)60-43(56)47-18-13-21-54-25-27-55(28-26-54)22-14-20-51(4)23-24-52(5)40-32-41(58-7)38(31-37(40)50-44(57)59-29-30-61(8,9)10)49-42-46-19-17-36(48-42)35-33-53(6)39-16-12-11-15-34(35)39/h11-12,15-17,19,31-33H,13-14,18,20-30H2,1-10H3,(H,47,56)(H,50,57)(H,46,48,49). The average Bonchev–Trinajstić information content (AvgIpc) is 3.54. The van der Waals surface area contributed by atoms with Gasteiger partial charge in [0.05, 0.1) is 36.5 Å². The first-order valence-corrected chi connectivity index (χ1v) is 25.3. The van der Waals surface area contributed by atoms with Gasteiger partial charge < -0.3 is 49.0 Å². The number of nitrogens with one attached hydrogen (secondary N) is 3. The highest BCUT2D eigenvalue weighted by atomic mass is 28.3. The number of alkyl carbamates (subject to hydrolysis) is 1. The Morgan fingerprint density at radius 2 is 1.61 bits per heavy atom. The van der Waals surface area contributed by atoms with Crippen LogP contribution in [0.15, 0.2) is 54.9 Å². The highest BCUT2D eigenvalue weighted by Gasteiger charge is 2.21. The van der Waals surface area contributed by atoms with Crippen molar-refractivity contribution in [2.24, 2.45) is 7.05 Å². The number of hydrogen-bond acceptors (Lipinski definition) is 12. The number of anilines is 4. The molecule has 334 valence electrons. The molecule has 2 aromatic carbocycles. The van der Waals surface area contributed by atoms with E-state index in [1.54, 1.807) is 13.3 Å². The number of hydrogen-bond donors (Lipinski definition) is 3. The van der Waals surface area contributed by atoms with Gasteiger partial charge in [-0.1, -0.05) is 37.8 Å². The smallest absolute Gasteiger partial charge is 0.411 e. The van der Waals surface area contributed by atoms with Crippen molar-refractivity contribution >= 4 is 54.2 Å². The normalized spacial score (nSPS) is 14.0. The third-order valence-corrected chi connectivity index (χ3v) is 12.4. The second-order valence-electron chi connectivity index (χ2n) is 18.2. The number of rotatable bonds is 20. The number of amides is 2. The van der Waals surface area contributed by atoms with Gasteiger partial charge >= 0.3 is 12.2 Å². The highest BCUT2D eigenvalue weighted by molar-refractivity contribution is 6.76. The lowest BCUT2D eigenvalue weighted by molar-refractivity contribution is 0.0523. The van der Waals surface area contributed by atoms with Crippen molar-refractivity contribution in [1.29, 1.82) is 0 Å². The van der Waals surface area contributed by atoms with Crippen LogP contribution in [0.5, 0.6) is 5.75 Å². The molecule has 1 aliphatic heterocycles. The van der Waals surface area contributed by atoms with Crippen LogP contribution in [0.3, 0.4) is 0 Å². The van der Waals surface area contributed by atoms with Crippen LogP contribution in [0.1, 0.15) is 33.6 Å². The number of likely N-dealkylation sites (N-methyl/N-ethyl adjacent to an activating group) is 2. The molecule has 16 heteroatoms. The van der Waals surface area contributed by atoms with Crippen LogP contribution in [0.4, 0.5) is 32.6 Å². The summed E-state index contributed by atoms with van der Waals surface area (Å²) >= 11 is 0. The molecule has 0 atom stereocenters. The van der Waals surface area contributed by atoms with Crippen molar-refractivity contribution < 1.29 is 23.8 Å². The third kappa shape index (κ3) is 14.9. The fourth-order valence-corrected chi connectivity index (χ4v) is 7.96. The number of methoxy groups -OCH3 is 1. The molecule has 3 heterocycles. The summed E-state index contributed by atoms with van der Waals surface area (Å²) in [6, 6.07) is 14.8. The molecule has 0 radical (unpaired) electrons. The monoisotopic (exact) mass is 859 g/mol. The Hall–Kier alpha value is -4.90. The summed E-state index contributed by atoms with van der Waals surface area (Å²) < 4.78 is 19.0. The van der Waals surface area contributed by atoms with Crippen molar-refractivity contribution in [3.63, 3.8) is 0 Å². The Morgan fingerprint density at radius 1 is 0.902 bits per heavy atom. The SMILES string of the molecule is COc1cc(N(C)CCN(C)CCCN2CCN(CCCNC(=O)OC(C)(C)C)CC2)c(NC(=O)OCC[Si](C)(C)C)cc1Nc1nccc(-c2cn(C)c3ccccc23)n1. The van der Waals surface area contributed by atoms with Gasteiger partial charge in [-0.3, -0.25) is 5.32 Å². The van der Waals surface area contributed by atoms with Crippen LogP contribution >= 0.6 is 0 Å². The zero-order valence-corrected chi connectivity index (χ0v) is 39.3. The number of carbonyl (C=O) groups excluding carboxylic acids is 2. The molecule has 0 bridgehead atoms. The Kier molecular flexibility index (Phi) is 16.8. The molecule has 0 spiro atoms. The minimum atomic E-state index is -1.39. The van der Waals surface area contributed by atoms with E-state index in [0.717, 1.165) is 106 Å². The van der Waals surface area contributed by atoms with Crippen molar-refractivity contribution in [2.75, 3.05) is 109 Å². The zero-order chi connectivity index (χ0) is 44.2. The number of nitrogens with zero attached hydrogens (tertiary/aromatic N) is 7. The Morgan fingerprint density at radius 3 is 2.30 bits per heavy atom. The molecule has 61 heavy (non-hydrogen) atoms. The summed E-state index contributed by atoms with van der Waals surface area (Å²) in [6.07, 6.45) is 4.96. The second-order valence-corrected chi connectivity index (χ2v) is 23.9. The Balaban J connectivity index is 1.17. The van der Waals surface area contributed by atoms with E-state index < -0.39 is 19.8 Å². The lowest BCUT2D eigenvalue weighted by Crippen LogP contribution is -2.47. The summed E-state index contributed by atoms with van der Waals surface area (Å²) in [7, 11) is 6.46. The summed E-state index contributed by atoms with van der Waals surface area (Å²) in [5.74, 6) is 0.992. The first-order chi connectivity index (χ1) is 29.0. The minimum Gasteiger partial charge on any atom is -0.494 e. The van der Waals surface area contributed by atoms with Crippen molar-refractivity contribution in [1.82, 2.24) is 34.6 Å². The zero-order valence-electron chi connectivity index (χ0n) is 38.3. The molecule has 5 rings (SSSR count). The average molecular weight is 859 g/mol. The molecular weight excluding hydrogens is 789 g/mol. The predicted octanol–water partition coefficient (Wildman–Crippen LogP) is 7.56. The summed E-state index contributed by atoms with van der Waals surface area (Å²) in [4.78, 5) is 44.1. The van der Waals surface area contributed by atoms with Crippen LogP contribution in [0.25, 0.3) is 22.2 Å². The molecule has 1 saturated heterocycles. The van der Waals surface area contributed by atoms with E-state index in [1.165, 1.54) is 0 Å². The maximum atomic E-state index is 13.2. The van der Waals surface area contributed by atoms with Crippen LogP contribution in [0.2, 0.25) is 25.7 Å². The van der Waals surface area contributed by atoms with Gasteiger partial charge in [0.25, 0.3) is 0 Å². The molecule has 2 amide bonds. The molecule has 1 fully saturated rings. The van der Waals surface area contributed by atoms with Crippen LogP contribution < -0.4 is 25.6 Å². The van der Waals surface area contributed by atoms with Crippen LogP contribution in [-0.4, -0.2) is 148 Å². The van der Waals surface area contributed by atoms with Gasteiger partial charge in [-0.15, -0.1) is 0 Å². The molecule has 0 saturated carbocycles. The molecule has 15 nitrogen and oxygen atoms in total. The molecular formula is C45H70N10O5Si. The molecule has 0 aliphatic carbocycles. The first-order valence-electron chi connectivity index (χ1n) is 21.6. The molecule has 0 unspecified atom stereocenters. The number of ether oxygens (including phenoxy) is 3. The predicted molar refractivity (Wildman–Crippen MR) is 250 cm³/mol. The van der Waals surface area contributed by atoms with Crippen molar-refractivity contribution in [2.45, 2.75) is 64.9 Å². The van der Waals surface area contributed by atoms with Gasteiger partial charge in [-0.2, -0.15) is 0 Å². The number of fused-ring (bicyclic) bond motifs is 1. The molecule has 4 aromatic rings. The largest absolute Gasteiger partial charge is 0.494 e. The number of aryl methyl sites for hydroxylation is 1. The van der Waals surface area contributed by atoms with E-state index in [0.29, 0.717) is 36.2 Å². The van der Waals surface area contributed by atoms with Crippen LogP contribution in [0, 0.1) is 0 Å². The maximum absolute atomic E-state index is 13.2. The molecule has 1 aliphatic rings. The molecule has 3 N–H and O–H groups in total. The summed E-state index contributed by atoms with van der Waals surface area (Å²) in [5.41, 5.74) is 4.45. The van der Waals surface area contributed by atoms with Gasteiger partial charge in [0.15, 0.2) is 0 Å². The van der Waals surface area contributed by atoms with Gasteiger partial charge in [0, 0.05) is 103 Å². The van der Waals surface area contributed by atoms with E-state index in [-0.39, 0.29) is 6.09 Å². The molecule has 2 aromatic heterocycles. The lowest BCUT2D eigenvalue weighted by Gasteiger charge is -2.35. The first kappa shape index (κ1) is 47.2. The van der Waals surface area contributed by atoms with Crippen LogP contribution in [-0.2, 0) is 16.5 Å². The quantitative estimate of drug-likeness (QED) is 0.0597. The number of para-hydroxylation sites is 1. The van der Waals surface area contributed by atoms with Gasteiger partial charge in [-0.05, 0) is 84.5 Å². The van der Waals surface area contributed by atoms with E-state index in [4.69, 9.17) is 19.2 Å². The number of aromatic nitrogens is 3. The fraction of sp³-hybridized carbons (Fsp3) is 0.556. The Labute approximate surface area is 364 Å². The van der Waals surface area contributed by atoms with Gasteiger partial charge in [0.1, 0.15) is 11.4 Å². The topological polar surface area (TPSA) is 142 Å². The van der Waals surface area contributed by atoms with E-state index in [9.17, 15) is 9.59 Å². The lowest BCUT2D eigenvalue weighted by atomic mass is 10.1. The van der Waals surface area contributed by atoms with Crippen molar-refractivity contribution in [3.05, 3.63) is 54.9 Å². The van der Waals surface area contributed by atoms with Gasteiger partial charge in [-0.25, -0.2) is 19.6 Å². The number of benzene rings is 2. The second kappa shape index (κ2) is 21.8. The third-order valence-electron chi connectivity index (χ3n) is 10.7. The maximum Gasteiger partial charge on any atom is 0.411 e. The highest BCUT2D eigenvalue weighted by Crippen LogP contribution is 2.38.